The molecule has 3 nitrogen and oxygen atoms in total. The predicted octanol–water partition coefficient (Wildman–Crippen LogP) is 3.34. The van der Waals surface area contributed by atoms with Gasteiger partial charge in [-0.2, -0.15) is 0 Å². The van der Waals surface area contributed by atoms with E-state index < -0.39 is 6.10 Å². The second-order valence-corrected chi connectivity index (χ2v) is 5.11. The van der Waals surface area contributed by atoms with Gasteiger partial charge in [0.1, 0.15) is 5.75 Å². The highest BCUT2D eigenvalue weighted by molar-refractivity contribution is 5.25. The normalized spacial score (nSPS) is 13.1. The Morgan fingerprint density at radius 1 is 1.18 bits per heavy atom. The van der Waals surface area contributed by atoms with E-state index in [9.17, 15) is 5.11 Å². The van der Waals surface area contributed by atoms with Gasteiger partial charge in [-0.15, -0.1) is 0 Å². The first-order valence-corrected chi connectivity index (χ1v) is 6.28. The maximum Gasteiger partial charge on any atom is 0.138 e. The third kappa shape index (κ3) is 5.18. The fourth-order valence-electron chi connectivity index (χ4n) is 1.61. The lowest BCUT2D eigenvalue weighted by atomic mass is 10.0. The smallest absolute Gasteiger partial charge is 0.138 e. The van der Waals surface area contributed by atoms with Crippen molar-refractivity contribution in [2.24, 2.45) is 5.92 Å². The molecule has 1 unspecified atom stereocenters. The van der Waals surface area contributed by atoms with Gasteiger partial charge >= 0.3 is 0 Å². The number of aliphatic hydroxyl groups excluding tert-OH is 1. The monoisotopic (exact) mass is 237 g/mol. The summed E-state index contributed by atoms with van der Waals surface area (Å²) >= 11 is 0. The second-order valence-electron chi connectivity index (χ2n) is 5.11. The average molecular weight is 237 g/mol. The van der Waals surface area contributed by atoms with Crippen molar-refractivity contribution in [2.45, 2.75) is 52.7 Å². The molecule has 3 heteroatoms. The minimum Gasteiger partial charge on any atom is -0.489 e. The summed E-state index contributed by atoms with van der Waals surface area (Å²) in [6.45, 7) is 8.26. The Kier molecular flexibility index (Phi) is 5.42. The van der Waals surface area contributed by atoms with Crippen LogP contribution in [0.15, 0.2) is 18.5 Å². The Balaban J connectivity index is 2.63. The van der Waals surface area contributed by atoms with Crippen molar-refractivity contribution < 1.29 is 9.84 Å². The molecule has 1 aromatic rings. The van der Waals surface area contributed by atoms with Gasteiger partial charge in [0.2, 0.25) is 0 Å². The number of hydrogen-bond donors (Lipinski definition) is 1. The zero-order chi connectivity index (χ0) is 12.8. The molecule has 0 aliphatic heterocycles. The molecule has 0 amide bonds. The highest BCUT2D eigenvalue weighted by atomic mass is 16.5. The lowest BCUT2D eigenvalue weighted by molar-refractivity contribution is 0.157. The van der Waals surface area contributed by atoms with Crippen molar-refractivity contribution in [1.29, 1.82) is 0 Å². The molecule has 0 fully saturated rings. The summed E-state index contributed by atoms with van der Waals surface area (Å²) in [4.78, 5) is 4.10. The summed E-state index contributed by atoms with van der Waals surface area (Å²) in [6.07, 6.45) is 4.85. The first kappa shape index (κ1) is 14.0. The van der Waals surface area contributed by atoms with Crippen LogP contribution in [0, 0.1) is 5.92 Å². The van der Waals surface area contributed by atoms with Crippen LogP contribution in [0.1, 0.15) is 52.2 Å². The number of pyridine rings is 1. The fourth-order valence-corrected chi connectivity index (χ4v) is 1.61. The molecule has 0 radical (unpaired) electrons. The topological polar surface area (TPSA) is 42.4 Å². The summed E-state index contributed by atoms with van der Waals surface area (Å²) in [5.41, 5.74) is 0.837. The number of aliphatic hydroxyl groups is 1. The molecule has 0 spiro atoms. The second kappa shape index (κ2) is 6.60. The number of nitrogens with zero attached hydrogens (tertiary/aromatic N) is 1. The van der Waals surface area contributed by atoms with E-state index >= 15 is 0 Å². The van der Waals surface area contributed by atoms with E-state index in [0.717, 1.165) is 24.2 Å². The van der Waals surface area contributed by atoms with Crippen molar-refractivity contribution in [1.82, 2.24) is 4.98 Å². The third-order valence-electron chi connectivity index (χ3n) is 2.51. The van der Waals surface area contributed by atoms with E-state index in [4.69, 9.17) is 4.74 Å². The minimum absolute atomic E-state index is 0.125. The predicted molar refractivity (Wildman–Crippen MR) is 69.0 cm³/mol. The SMILES string of the molecule is CC(C)CCC(O)c1cncc(OC(C)C)c1. The minimum atomic E-state index is -0.444. The molecule has 0 aliphatic carbocycles. The Hall–Kier alpha value is -1.09. The highest BCUT2D eigenvalue weighted by Crippen LogP contribution is 2.23. The molecule has 0 saturated heterocycles. The van der Waals surface area contributed by atoms with Crippen molar-refractivity contribution in [2.75, 3.05) is 0 Å². The fraction of sp³-hybridized carbons (Fsp3) is 0.643. The first-order chi connectivity index (χ1) is 7.99. The molecule has 0 bridgehead atoms. The van der Waals surface area contributed by atoms with Crippen molar-refractivity contribution in [3.8, 4) is 5.75 Å². The summed E-state index contributed by atoms with van der Waals surface area (Å²) in [5, 5.41) is 10.0. The Morgan fingerprint density at radius 3 is 2.47 bits per heavy atom. The zero-order valence-corrected chi connectivity index (χ0v) is 11.2. The molecule has 0 saturated carbocycles. The van der Waals surface area contributed by atoms with Crippen LogP contribution >= 0.6 is 0 Å². The quantitative estimate of drug-likeness (QED) is 0.825. The largest absolute Gasteiger partial charge is 0.489 e. The van der Waals surface area contributed by atoms with Crippen LogP contribution in [-0.2, 0) is 0 Å². The number of aromatic nitrogens is 1. The van der Waals surface area contributed by atoms with Gasteiger partial charge in [-0.3, -0.25) is 4.98 Å². The van der Waals surface area contributed by atoms with Crippen LogP contribution in [0.25, 0.3) is 0 Å². The Labute approximate surface area is 104 Å². The molecule has 0 aliphatic rings. The highest BCUT2D eigenvalue weighted by Gasteiger charge is 2.10. The summed E-state index contributed by atoms with van der Waals surface area (Å²) in [7, 11) is 0. The van der Waals surface area contributed by atoms with Gasteiger partial charge in [0.05, 0.1) is 18.4 Å². The van der Waals surface area contributed by atoms with Crippen LogP contribution in [0.3, 0.4) is 0 Å². The van der Waals surface area contributed by atoms with Gasteiger partial charge in [-0.1, -0.05) is 13.8 Å². The number of ether oxygens (including phenoxy) is 1. The van der Waals surface area contributed by atoms with Gasteiger partial charge in [0.25, 0.3) is 0 Å². The van der Waals surface area contributed by atoms with Gasteiger partial charge < -0.3 is 9.84 Å². The maximum absolute atomic E-state index is 10.0. The van der Waals surface area contributed by atoms with Crippen LogP contribution < -0.4 is 4.74 Å². The van der Waals surface area contributed by atoms with E-state index in [1.54, 1.807) is 12.4 Å². The Bertz CT molecular complexity index is 337. The van der Waals surface area contributed by atoms with E-state index in [0.29, 0.717) is 5.92 Å². The third-order valence-corrected chi connectivity index (χ3v) is 2.51. The van der Waals surface area contributed by atoms with E-state index in [2.05, 4.69) is 18.8 Å². The van der Waals surface area contributed by atoms with Crippen molar-refractivity contribution in [3.05, 3.63) is 24.0 Å². The molecule has 1 aromatic heterocycles. The maximum atomic E-state index is 10.0. The van der Waals surface area contributed by atoms with Gasteiger partial charge in [0, 0.05) is 11.8 Å². The van der Waals surface area contributed by atoms with Gasteiger partial charge in [-0.05, 0) is 38.7 Å². The summed E-state index contributed by atoms with van der Waals surface area (Å²) < 4.78 is 5.56. The molecule has 1 atom stereocenters. The van der Waals surface area contributed by atoms with Gasteiger partial charge in [0.15, 0.2) is 0 Å². The molecule has 1 N–H and O–H groups in total. The molecular weight excluding hydrogens is 214 g/mol. The molecule has 0 aromatic carbocycles. The van der Waals surface area contributed by atoms with Crippen LogP contribution in [0.2, 0.25) is 0 Å². The lowest BCUT2D eigenvalue weighted by Crippen LogP contribution is -2.07. The van der Waals surface area contributed by atoms with E-state index in [-0.39, 0.29) is 6.10 Å². The summed E-state index contributed by atoms with van der Waals surface area (Å²) in [5.74, 6) is 1.33. The molecule has 1 heterocycles. The average Bonchev–Trinajstić information content (AvgIpc) is 2.25. The van der Waals surface area contributed by atoms with E-state index in [1.807, 2.05) is 19.9 Å². The van der Waals surface area contributed by atoms with Crippen LogP contribution in [0.4, 0.5) is 0 Å². The zero-order valence-electron chi connectivity index (χ0n) is 11.2. The number of hydrogen-bond acceptors (Lipinski definition) is 3. The number of rotatable bonds is 6. The standard InChI is InChI=1S/C14H23NO2/c1-10(2)5-6-14(16)12-7-13(9-15-8-12)17-11(3)4/h7-11,14,16H,5-6H2,1-4H3. The first-order valence-electron chi connectivity index (χ1n) is 6.28. The van der Waals surface area contributed by atoms with Crippen LogP contribution in [0.5, 0.6) is 5.75 Å². The summed E-state index contributed by atoms with van der Waals surface area (Å²) in [6, 6.07) is 1.87. The molecular formula is C14H23NO2. The Morgan fingerprint density at radius 2 is 1.88 bits per heavy atom. The molecule has 1 rings (SSSR count). The van der Waals surface area contributed by atoms with Crippen molar-refractivity contribution >= 4 is 0 Å². The van der Waals surface area contributed by atoms with E-state index in [1.165, 1.54) is 0 Å². The lowest BCUT2D eigenvalue weighted by Gasteiger charge is -2.14. The molecule has 96 valence electrons. The van der Waals surface area contributed by atoms with Crippen molar-refractivity contribution in [3.63, 3.8) is 0 Å². The molecule has 17 heavy (non-hydrogen) atoms. The van der Waals surface area contributed by atoms with Crippen LogP contribution in [-0.4, -0.2) is 16.2 Å². The van der Waals surface area contributed by atoms with Gasteiger partial charge in [-0.25, -0.2) is 0 Å².